The zero-order valence-electron chi connectivity index (χ0n) is 50.4. The first kappa shape index (κ1) is 73.5. The van der Waals surface area contributed by atoms with Gasteiger partial charge in [-0.25, -0.2) is 0 Å². The molecule has 78 heavy (non-hydrogen) atoms. The standard InChI is InChI=1S/C73H118O5/c1-3-5-7-9-11-13-15-17-19-21-23-25-27-28-29-30-31-32-33-34-35-36-37-38-39-40-41-42-43-44-46-48-50-52-54-56-58-60-62-64-66-68-73(76)78-71(69-74)70-77-72(75)67-65-63-61-59-57-55-53-51-49-47-45-26-24-22-20-18-16-14-12-10-8-6-4-2/h5,7,11,13,17,19,22-25,28-29,31-32,34-35,37-38,40-41,43-44,48,50,54,56,71,74H,3-4,6,8-10,12,14-16,18,20-21,26-27,30,33,36,39,42,45-47,49,51-53,55,57-70H2,1-2H3/b7-5-,13-11-,19-17-,24-22-,25-23-,29-28-,32-31-,35-34-,38-37-,41-40-,44-43-,50-48-,56-54-. The summed E-state index contributed by atoms with van der Waals surface area (Å²) in [5.41, 5.74) is 0. The maximum atomic E-state index is 12.3. The molecule has 0 aromatic heterocycles. The van der Waals surface area contributed by atoms with Crippen LogP contribution in [0.15, 0.2) is 158 Å². The molecule has 0 saturated carbocycles. The number of carbonyl (C=O) groups is 2. The molecule has 5 nitrogen and oxygen atoms in total. The quantitative estimate of drug-likeness (QED) is 0.0373. The average molecular weight is 1080 g/mol. The molecule has 1 N–H and O–H groups in total. The third kappa shape index (κ3) is 64.0. The number of carbonyl (C=O) groups excluding carboxylic acids is 2. The fourth-order valence-electron chi connectivity index (χ4n) is 8.53. The second-order valence-electron chi connectivity index (χ2n) is 20.8. The van der Waals surface area contributed by atoms with Gasteiger partial charge < -0.3 is 14.6 Å². The van der Waals surface area contributed by atoms with Crippen molar-refractivity contribution in [1.82, 2.24) is 0 Å². The second kappa shape index (κ2) is 66.8. The van der Waals surface area contributed by atoms with Crippen LogP contribution in [0.1, 0.15) is 271 Å². The second-order valence-corrected chi connectivity index (χ2v) is 20.8. The number of hydrogen-bond acceptors (Lipinski definition) is 5. The molecule has 0 aliphatic rings. The summed E-state index contributed by atoms with van der Waals surface area (Å²) in [5, 5.41) is 9.67. The van der Waals surface area contributed by atoms with Gasteiger partial charge in [-0.15, -0.1) is 0 Å². The maximum absolute atomic E-state index is 12.3. The van der Waals surface area contributed by atoms with E-state index in [4.69, 9.17) is 9.47 Å². The van der Waals surface area contributed by atoms with Gasteiger partial charge >= 0.3 is 11.9 Å². The van der Waals surface area contributed by atoms with E-state index in [1.807, 2.05) is 0 Å². The lowest BCUT2D eigenvalue weighted by Gasteiger charge is -2.15. The number of ether oxygens (including phenoxy) is 2. The summed E-state index contributed by atoms with van der Waals surface area (Å²) in [6.45, 7) is 4.01. The van der Waals surface area contributed by atoms with Crippen LogP contribution in [0.4, 0.5) is 0 Å². The molecule has 0 bridgehead atoms. The Labute approximate surface area is 481 Å². The highest BCUT2D eigenvalue weighted by atomic mass is 16.6. The van der Waals surface area contributed by atoms with Crippen LogP contribution in [0, 0.1) is 0 Å². The molecule has 0 aliphatic carbocycles. The maximum Gasteiger partial charge on any atom is 0.306 e. The van der Waals surface area contributed by atoms with E-state index < -0.39 is 6.10 Å². The Kier molecular flexibility index (Phi) is 63.0. The average Bonchev–Trinajstić information content (AvgIpc) is 3.44. The van der Waals surface area contributed by atoms with Crippen molar-refractivity contribution in [3.05, 3.63) is 158 Å². The predicted molar refractivity (Wildman–Crippen MR) is 343 cm³/mol. The van der Waals surface area contributed by atoms with Crippen LogP contribution in [0.3, 0.4) is 0 Å². The topological polar surface area (TPSA) is 72.8 Å². The van der Waals surface area contributed by atoms with E-state index >= 15 is 0 Å². The van der Waals surface area contributed by atoms with E-state index in [-0.39, 0.29) is 25.2 Å². The van der Waals surface area contributed by atoms with Gasteiger partial charge in [0.05, 0.1) is 6.61 Å². The molecule has 1 atom stereocenters. The molecule has 0 aromatic carbocycles. The molecule has 0 radical (unpaired) electrons. The lowest BCUT2D eigenvalue weighted by molar-refractivity contribution is -0.161. The number of aliphatic hydroxyl groups excluding tert-OH is 1. The normalized spacial score (nSPS) is 13.3. The van der Waals surface area contributed by atoms with E-state index in [0.29, 0.717) is 12.8 Å². The number of unbranched alkanes of at least 4 members (excludes halogenated alkanes) is 23. The van der Waals surface area contributed by atoms with E-state index in [1.54, 1.807) is 0 Å². The van der Waals surface area contributed by atoms with Gasteiger partial charge in [0.2, 0.25) is 0 Å². The van der Waals surface area contributed by atoms with Crippen LogP contribution in [-0.4, -0.2) is 36.4 Å². The largest absolute Gasteiger partial charge is 0.462 e. The molecule has 440 valence electrons. The Bertz CT molecular complexity index is 1690. The Morgan fingerprint density at radius 1 is 0.308 bits per heavy atom. The van der Waals surface area contributed by atoms with E-state index in [9.17, 15) is 14.7 Å². The van der Waals surface area contributed by atoms with Gasteiger partial charge in [0, 0.05) is 12.8 Å². The number of rotatable bonds is 57. The third-order valence-electron chi connectivity index (χ3n) is 13.3. The van der Waals surface area contributed by atoms with Crippen LogP contribution >= 0.6 is 0 Å². The first-order valence-electron chi connectivity index (χ1n) is 32.0. The summed E-state index contributed by atoms with van der Waals surface area (Å²) in [4.78, 5) is 24.6. The van der Waals surface area contributed by atoms with Crippen molar-refractivity contribution >= 4 is 11.9 Å². The molecular formula is C73H118O5. The summed E-state index contributed by atoms with van der Waals surface area (Å²) in [7, 11) is 0. The molecular weight excluding hydrogens is 957 g/mol. The Hall–Kier alpha value is -4.48. The van der Waals surface area contributed by atoms with Crippen molar-refractivity contribution in [2.45, 2.75) is 277 Å². The minimum absolute atomic E-state index is 0.0846. The molecule has 0 rings (SSSR count). The molecule has 0 aliphatic heterocycles. The highest BCUT2D eigenvalue weighted by molar-refractivity contribution is 5.70. The van der Waals surface area contributed by atoms with Gasteiger partial charge in [0.1, 0.15) is 6.61 Å². The van der Waals surface area contributed by atoms with Crippen LogP contribution < -0.4 is 0 Å². The lowest BCUT2D eigenvalue weighted by atomic mass is 10.0. The lowest BCUT2D eigenvalue weighted by Crippen LogP contribution is -2.28. The Balaban J connectivity index is 3.64. The van der Waals surface area contributed by atoms with Gasteiger partial charge in [-0.3, -0.25) is 9.59 Å². The number of allylic oxidation sites excluding steroid dienone is 26. The van der Waals surface area contributed by atoms with E-state index in [0.717, 1.165) is 128 Å². The minimum Gasteiger partial charge on any atom is -0.462 e. The highest BCUT2D eigenvalue weighted by Gasteiger charge is 2.16. The molecule has 0 amide bonds. The van der Waals surface area contributed by atoms with Crippen LogP contribution in [0.2, 0.25) is 0 Å². The number of esters is 2. The van der Waals surface area contributed by atoms with E-state index in [2.05, 4.69) is 172 Å². The summed E-state index contributed by atoms with van der Waals surface area (Å²) in [6.07, 6.45) is 102. The molecule has 1 unspecified atom stereocenters. The molecule has 5 heteroatoms. The zero-order valence-corrected chi connectivity index (χ0v) is 50.4. The molecule has 0 saturated heterocycles. The van der Waals surface area contributed by atoms with Crippen molar-refractivity contribution in [3.8, 4) is 0 Å². The minimum atomic E-state index is -0.798. The predicted octanol–water partition coefficient (Wildman–Crippen LogP) is 22.3. The summed E-state index contributed by atoms with van der Waals surface area (Å²) in [6, 6.07) is 0. The highest BCUT2D eigenvalue weighted by Crippen LogP contribution is 2.15. The smallest absolute Gasteiger partial charge is 0.306 e. The third-order valence-corrected chi connectivity index (χ3v) is 13.3. The molecule has 0 spiro atoms. The van der Waals surface area contributed by atoms with Gasteiger partial charge in [0.15, 0.2) is 6.10 Å². The fourth-order valence-corrected chi connectivity index (χ4v) is 8.53. The Morgan fingerprint density at radius 3 is 0.846 bits per heavy atom. The fraction of sp³-hybridized carbons (Fsp3) is 0.616. The van der Waals surface area contributed by atoms with Crippen LogP contribution in [0.25, 0.3) is 0 Å². The zero-order chi connectivity index (χ0) is 56.2. The summed E-state index contributed by atoms with van der Waals surface area (Å²) >= 11 is 0. The summed E-state index contributed by atoms with van der Waals surface area (Å²) in [5.74, 6) is -0.625. The van der Waals surface area contributed by atoms with Crippen LogP contribution in [0.5, 0.6) is 0 Å². The molecule has 0 heterocycles. The van der Waals surface area contributed by atoms with Gasteiger partial charge in [-0.1, -0.05) is 287 Å². The van der Waals surface area contributed by atoms with Crippen molar-refractivity contribution < 1.29 is 24.2 Å². The number of hydrogen-bond donors (Lipinski definition) is 1. The van der Waals surface area contributed by atoms with Gasteiger partial charge in [0.25, 0.3) is 0 Å². The van der Waals surface area contributed by atoms with E-state index in [1.165, 1.54) is 116 Å². The molecule has 0 fully saturated rings. The van der Waals surface area contributed by atoms with Crippen molar-refractivity contribution in [3.63, 3.8) is 0 Å². The Morgan fingerprint density at radius 2 is 0.551 bits per heavy atom. The van der Waals surface area contributed by atoms with Gasteiger partial charge in [-0.05, 0) is 128 Å². The first-order valence-corrected chi connectivity index (χ1v) is 32.0. The summed E-state index contributed by atoms with van der Waals surface area (Å²) < 4.78 is 10.7. The van der Waals surface area contributed by atoms with Crippen LogP contribution in [-0.2, 0) is 19.1 Å². The van der Waals surface area contributed by atoms with Crippen molar-refractivity contribution in [2.24, 2.45) is 0 Å². The van der Waals surface area contributed by atoms with Crippen molar-refractivity contribution in [1.29, 1.82) is 0 Å². The molecule has 0 aromatic rings. The number of aliphatic hydroxyl groups is 1. The van der Waals surface area contributed by atoms with Crippen molar-refractivity contribution in [2.75, 3.05) is 13.2 Å². The van der Waals surface area contributed by atoms with Gasteiger partial charge in [-0.2, -0.15) is 0 Å². The SMILES string of the molecule is CC/C=C\C/C=C\C/C=C\C/C=C\C/C=C\C/C=C\C/C=C\C/C=C\C/C=C\C/C=C\C/C=C\C/C=C\CCCCCCC(=O)OC(CO)COC(=O)CCCCCCCCCCCCC/C=C\CCCCCCCCCC. The monoisotopic (exact) mass is 1070 g/mol. The first-order chi connectivity index (χ1) is 38.6.